The normalized spacial score (nSPS) is 20.0. The summed E-state index contributed by atoms with van der Waals surface area (Å²) in [6, 6.07) is 12.6. The monoisotopic (exact) mass is 390 g/mol. The average molecular weight is 391 g/mol. The molecule has 1 unspecified atom stereocenters. The number of thioether (sulfide) groups is 1. The highest BCUT2D eigenvalue weighted by molar-refractivity contribution is 8.14. The maximum atomic E-state index is 9.68. The molecule has 0 spiro atoms. The van der Waals surface area contributed by atoms with Crippen LogP contribution >= 0.6 is 11.8 Å². The fraction of sp³-hybridized carbons (Fsp3) is 0.381. The number of hydrogen-bond acceptors (Lipinski definition) is 6. The summed E-state index contributed by atoms with van der Waals surface area (Å²) in [5.41, 5.74) is 4.37. The number of anilines is 1. The standard InChI is InChI=1S/C21H22N6S/c1-14-11-19(25-7-9-26(10-8-25)21-23-13-15(2)28-21)27-18-6-4-3-5-17(18)24-20(27)16(14)12-22/h3-6,11,15H,7-10,13H2,1-2H3. The summed E-state index contributed by atoms with van der Waals surface area (Å²) in [5, 5.41) is 11.5. The van der Waals surface area contributed by atoms with Gasteiger partial charge in [-0.05, 0) is 30.7 Å². The van der Waals surface area contributed by atoms with Crippen molar-refractivity contribution in [2.45, 2.75) is 19.1 Å². The van der Waals surface area contributed by atoms with Crippen LogP contribution in [-0.2, 0) is 0 Å². The molecule has 2 aromatic heterocycles. The molecule has 2 aliphatic rings. The molecule has 2 aliphatic heterocycles. The van der Waals surface area contributed by atoms with Gasteiger partial charge in [-0.25, -0.2) is 4.98 Å². The van der Waals surface area contributed by atoms with Crippen molar-refractivity contribution < 1.29 is 0 Å². The molecule has 0 bridgehead atoms. The van der Waals surface area contributed by atoms with Crippen LogP contribution in [0.15, 0.2) is 35.3 Å². The van der Waals surface area contributed by atoms with Crippen molar-refractivity contribution in [1.82, 2.24) is 14.3 Å². The summed E-state index contributed by atoms with van der Waals surface area (Å²) >= 11 is 1.89. The Labute approximate surface area is 168 Å². The molecule has 5 rings (SSSR count). The van der Waals surface area contributed by atoms with Gasteiger partial charge < -0.3 is 9.80 Å². The Morgan fingerprint density at radius 1 is 1.14 bits per heavy atom. The third-order valence-corrected chi connectivity index (χ3v) is 6.68. The number of aryl methyl sites for hydroxylation is 1. The fourth-order valence-corrected chi connectivity index (χ4v) is 5.06. The van der Waals surface area contributed by atoms with Crippen molar-refractivity contribution in [3.05, 3.63) is 41.5 Å². The molecule has 1 aromatic carbocycles. The number of piperazine rings is 1. The topological polar surface area (TPSA) is 59.9 Å². The van der Waals surface area contributed by atoms with Gasteiger partial charge in [-0.15, -0.1) is 0 Å². The zero-order valence-corrected chi connectivity index (χ0v) is 16.9. The Morgan fingerprint density at radius 3 is 2.61 bits per heavy atom. The number of pyridine rings is 1. The number of rotatable bonds is 1. The van der Waals surface area contributed by atoms with Crippen LogP contribution in [0, 0.1) is 18.3 Å². The highest BCUT2D eigenvalue weighted by atomic mass is 32.2. The summed E-state index contributed by atoms with van der Waals surface area (Å²) in [4.78, 5) is 14.3. The van der Waals surface area contributed by atoms with Gasteiger partial charge in [-0.3, -0.25) is 9.39 Å². The molecule has 0 N–H and O–H groups in total. The van der Waals surface area contributed by atoms with Gasteiger partial charge in [0.25, 0.3) is 0 Å². The van der Waals surface area contributed by atoms with Gasteiger partial charge in [0, 0.05) is 31.4 Å². The van der Waals surface area contributed by atoms with Gasteiger partial charge in [-0.2, -0.15) is 5.26 Å². The molecule has 4 heterocycles. The summed E-state index contributed by atoms with van der Waals surface area (Å²) in [6.07, 6.45) is 0. The van der Waals surface area contributed by atoms with Crippen molar-refractivity contribution in [3.8, 4) is 6.07 Å². The van der Waals surface area contributed by atoms with Gasteiger partial charge in [-0.1, -0.05) is 30.8 Å². The van der Waals surface area contributed by atoms with E-state index in [1.807, 2.05) is 36.9 Å². The van der Waals surface area contributed by atoms with E-state index in [0.29, 0.717) is 10.8 Å². The summed E-state index contributed by atoms with van der Waals surface area (Å²) in [7, 11) is 0. The molecule has 0 saturated carbocycles. The second-order valence-electron chi connectivity index (χ2n) is 7.46. The minimum Gasteiger partial charge on any atom is -0.354 e. The number of imidazole rings is 1. The molecule has 1 saturated heterocycles. The number of para-hydroxylation sites is 2. The van der Waals surface area contributed by atoms with Crippen molar-refractivity contribution in [1.29, 1.82) is 5.26 Å². The smallest absolute Gasteiger partial charge is 0.159 e. The zero-order valence-electron chi connectivity index (χ0n) is 16.1. The van der Waals surface area contributed by atoms with Gasteiger partial charge in [0.05, 0.1) is 23.1 Å². The molecule has 0 aliphatic carbocycles. The average Bonchev–Trinajstić information content (AvgIpc) is 3.31. The van der Waals surface area contributed by atoms with Crippen molar-refractivity contribution >= 4 is 39.4 Å². The predicted octanol–water partition coefficient (Wildman–Crippen LogP) is 3.28. The summed E-state index contributed by atoms with van der Waals surface area (Å²) in [5.74, 6) is 1.12. The van der Waals surface area contributed by atoms with E-state index >= 15 is 0 Å². The molecule has 1 atom stereocenters. The zero-order chi connectivity index (χ0) is 19.3. The minimum atomic E-state index is 0.589. The minimum absolute atomic E-state index is 0.589. The van der Waals surface area contributed by atoms with Crippen LogP contribution in [0.1, 0.15) is 18.1 Å². The maximum absolute atomic E-state index is 9.68. The van der Waals surface area contributed by atoms with E-state index in [4.69, 9.17) is 9.98 Å². The number of aromatic nitrogens is 2. The van der Waals surface area contributed by atoms with E-state index in [9.17, 15) is 5.26 Å². The molecule has 0 amide bonds. The Morgan fingerprint density at radius 2 is 1.89 bits per heavy atom. The van der Waals surface area contributed by atoms with Gasteiger partial charge in [0.2, 0.25) is 0 Å². The van der Waals surface area contributed by atoms with Gasteiger partial charge >= 0.3 is 0 Å². The van der Waals surface area contributed by atoms with Crippen molar-refractivity contribution in [2.75, 3.05) is 37.6 Å². The van der Waals surface area contributed by atoms with Crippen LogP contribution in [0.2, 0.25) is 0 Å². The Hall–Kier alpha value is -2.72. The van der Waals surface area contributed by atoms with Crippen LogP contribution < -0.4 is 4.90 Å². The summed E-state index contributed by atoms with van der Waals surface area (Å²) in [6.45, 7) is 8.96. The van der Waals surface area contributed by atoms with E-state index in [1.54, 1.807) is 0 Å². The van der Waals surface area contributed by atoms with E-state index in [0.717, 1.165) is 60.8 Å². The lowest BCUT2D eigenvalue weighted by atomic mass is 10.1. The molecule has 1 fully saturated rings. The van der Waals surface area contributed by atoms with Crippen LogP contribution in [0.5, 0.6) is 0 Å². The SMILES string of the molecule is Cc1cc(N2CCN(C3=NCC(C)S3)CC2)n2c(nc3ccccc32)c1C#N. The van der Waals surface area contributed by atoms with Crippen LogP contribution in [0.3, 0.4) is 0 Å². The molecule has 3 aromatic rings. The highest BCUT2D eigenvalue weighted by Crippen LogP contribution is 2.30. The largest absolute Gasteiger partial charge is 0.354 e. The Kier molecular flexibility index (Phi) is 4.17. The van der Waals surface area contributed by atoms with E-state index in [2.05, 4.69) is 39.3 Å². The third kappa shape index (κ3) is 2.71. The molecular weight excluding hydrogens is 368 g/mol. The first-order valence-electron chi connectivity index (χ1n) is 9.67. The molecule has 28 heavy (non-hydrogen) atoms. The second kappa shape index (κ2) is 6.71. The van der Waals surface area contributed by atoms with Gasteiger partial charge in [0.15, 0.2) is 10.8 Å². The maximum Gasteiger partial charge on any atom is 0.159 e. The third-order valence-electron chi connectivity index (χ3n) is 5.53. The van der Waals surface area contributed by atoms with E-state index in [-0.39, 0.29) is 0 Å². The number of nitrogens with zero attached hydrogens (tertiary/aromatic N) is 6. The number of aliphatic imine (C=N–C) groups is 1. The van der Waals surface area contributed by atoms with Gasteiger partial charge in [0.1, 0.15) is 11.9 Å². The number of nitriles is 1. The number of amidine groups is 1. The highest BCUT2D eigenvalue weighted by Gasteiger charge is 2.26. The molecule has 7 heteroatoms. The first-order chi connectivity index (χ1) is 13.7. The Bertz CT molecular complexity index is 1130. The lowest BCUT2D eigenvalue weighted by Gasteiger charge is -2.37. The fourth-order valence-electron chi connectivity index (χ4n) is 4.07. The van der Waals surface area contributed by atoms with Crippen LogP contribution in [0.25, 0.3) is 16.7 Å². The van der Waals surface area contributed by atoms with E-state index in [1.165, 1.54) is 5.17 Å². The van der Waals surface area contributed by atoms with Crippen molar-refractivity contribution in [3.63, 3.8) is 0 Å². The molecule has 6 nitrogen and oxygen atoms in total. The number of benzene rings is 1. The molecule has 0 radical (unpaired) electrons. The number of fused-ring (bicyclic) bond motifs is 3. The first-order valence-corrected chi connectivity index (χ1v) is 10.6. The molecular formula is C21H22N6S. The summed E-state index contributed by atoms with van der Waals surface area (Å²) < 4.78 is 2.15. The number of hydrogen-bond donors (Lipinski definition) is 0. The van der Waals surface area contributed by atoms with Crippen molar-refractivity contribution in [2.24, 2.45) is 4.99 Å². The second-order valence-corrected chi connectivity index (χ2v) is 8.86. The lowest BCUT2D eigenvalue weighted by Crippen LogP contribution is -2.48. The quantitative estimate of drug-likeness (QED) is 0.638. The van der Waals surface area contributed by atoms with Crippen LogP contribution in [0.4, 0.5) is 5.82 Å². The molecule has 142 valence electrons. The Balaban J connectivity index is 1.54. The lowest BCUT2D eigenvalue weighted by molar-refractivity contribution is 0.390. The van der Waals surface area contributed by atoms with Crippen LogP contribution in [-0.4, -0.2) is 57.4 Å². The predicted molar refractivity (Wildman–Crippen MR) is 115 cm³/mol. The van der Waals surface area contributed by atoms with E-state index < -0.39 is 0 Å². The first kappa shape index (κ1) is 17.4.